The molecule has 1 fully saturated rings. The van der Waals surface area contributed by atoms with Gasteiger partial charge in [-0.15, -0.1) is 0 Å². The molecule has 0 aliphatic heterocycles. The summed E-state index contributed by atoms with van der Waals surface area (Å²) in [6.45, 7) is 2.17. The average Bonchev–Trinajstić information content (AvgIpc) is 1.64. The Kier molecular flexibility index (Phi) is 1.40. The molecule has 1 aliphatic carbocycles. The van der Waals surface area contributed by atoms with Crippen LogP contribution in [0.1, 0.15) is 19.8 Å². The molecular weight excluding hydrogens is 102 g/mol. The predicted molar refractivity (Wildman–Crippen MR) is 31.3 cm³/mol. The normalized spacial score (nSPS) is 35.1. The van der Waals surface area contributed by atoms with Crippen LogP contribution in [-0.4, -0.2) is 6.04 Å². The molecule has 8 heavy (non-hydrogen) atoms. The van der Waals surface area contributed by atoms with Crippen LogP contribution in [0, 0.1) is 5.92 Å². The molecule has 0 bridgehead atoms. The summed E-state index contributed by atoms with van der Waals surface area (Å²) in [5.74, 6) is 0.783. The predicted octanol–water partition coefficient (Wildman–Crippen LogP) is 2.10. The number of hydrogen-bond donors (Lipinski definition) is 0. The summed E-state index contributed by atoms with van der Waals surface area (Å²) in [7, 11) is 0. The van der Waals surface area contributed by atoms with Gasteiger partial charge in [0.1, 0.15) is 0 Å². The van der Waals surface area contributed by atoms with Crippen LogP contribution >= 0.6 is 0 Å². The first kappa shape index (κ1) is 5.45. The van der Waals surface area contributed by atoms with Gasteiger partial charge in [0, 0.05) is 11.0 Å². The Morgan fingerprint density at radius 1 is 1.62 bits per heavy atom. The molecule has 1 rings (SSSR count). The molecule has 44 valence electrons. The van der Waals surface area contributed by atoms with Gasteiger partial charge in [0.15, 0.2) is 0 Å². The molecule has 3 heteroatoms. The zero-order valence-corrected chi connectivity index (χ0v) is 4.91. The summed E-state index contributed by atoms with van der Waals surface area (Å²) in [4.78, 5) is 2.72. The molecule has 0 spiro atoms. The van der Waals surface area contributed by atoms with Crippen molar-refractivity contribution in [3.8, 4) is 0 Å². The van der Waals surface area contributed by atoms with E-state index in [2.05, 4.69) is 16.9 Å². The number of nitrogens with zero attached hydrogens (tertiary/aromatic N) is 3. The van der Waals surface area contributed by atoms with Crippen molar-refractivity contribution in [2.75, 3.05) is 0 Å². The van der Waals surface area contributed by atoms with Gasteiger partial charge in [0.05, 0.1) is 0 Å². The van der Waals surface area contributed by atoms with Gasteiger partial charge in [0.2, 0.25) is 0 Å². The minimum Gasteiger partial charge on any atom is -0.0906 e. The lowest BCUT2D eigenvalue weighted by molar-refractivity contribution is 0.290. The highest BCUT2D eigenvalue weighted by Gasteiger charge is 2.23. The minimum atomic E-state index is 0.315. The van der Waals surface area contributed by atoms with E-state index >= 15 is 0 Å². The molecule has 0 unspecified atom stereocenters. The van der Waals surface area contributed by atoms with Crippen LogP contribution < -0.4 is 0 Å². The van der Waals surface area contributed by atoms with Crippen LogP contribution in [0.3, 0.4) is 0 Å². The molecule has 0 N–H and O–H groups in total. The van der Waals surface area contributed by atoms with Crippen molar-refractivity contribution in [1.29, 1.82) is 0 Å². The standard InChI is InChI=1S/C5H9N3/c1-4-2-5(3-4)7-8-6/h4-5H,2-3H2,1H3/t4-,5+. The lowest BCUT2D eigenvalue weighted by atomic mass is 9.83. The van der Waals surface area contributed by atoms with Crippen molar-refractivity contribution in [3.05, 3.63) is 10.4 Å². The van der Waals surface area contributed by atoms with Crippen LogP contribution in [0.15, 0.2) is 5.11 Å². The highest BCUT2D eigenvalue weighted by molar-refractivity contribution is 4.81. The third-order valence-electron chi connectivity index (χ3n) is 1.56. The quantitative estimate of drug-likeness (QED) is 0.282. The second kappa shape index (κ2) is 2.05. The monoisotopic (exact) mass is 111 g/mol. The van der Waals surface area contributed by atoms with E-state index in [1.165, 1.54) is 0 Å². The van der Waals surface area contributed by atoms with Crippen molar-refractivity contribution in [2.45, 2.75) is 25.8 Å². The van der Waals surface area contributed by atoms with Gasteiger partial charge >= 0.3 is 0 Å². The van der Waals surface area contributed by atoms with E-state index in [0.29, 0.717) is 6.04 Å². The molecule has 0 radical (unpaired) electrons. The molecule has 0 heterocycles. The first-order valence-corrected chi connectivity index (χ1v) is 2.87. The Morgan fingerprint density at radius 3 is 2.62 bits per heavy atom. The number of hydrogen-bond acceptors (Lipinski definition) is 1. The second-order valence-electron chi connectivity index (χ2n) is 2.44. The largest absolute Gasteiger partial charge is 0.0906 e. The maximum absolute atomic E-state index is 7.95. The molecular formula is C5H9N3. The van der Waals surface area contributed by atoms with E-state index in [0.717, 1.165) is 18.8 Å². The summed E-state index contributed by atoms with van der Waals surface area (Å²) >= 11 is 0. The fourth-order valence-electron chi connectivity index (χ4n) is 1.03. The lowest BCUT2D eigenvalue weighted by Crippen LogP contribution is -2.23. The molecule has 1 aliphatic rings. The van der Waals surface area contributed by atoms with E-state index in [9.17, 15) is 0 Å². The first-order chi connectivity index (χ1) is 3.83. The molecule has 0 amide bonds. The highest BCUT2D eigenvalue weighted by Crippen LogP contribution is 2.28. The molecule has 0 aromatic heterocycles. The van der Waals surface area contributed by atoms with Gasteiger partial charge in [-0.05, 0) is 24.3 Å². The van der Waals surface area contributed by atoms with E-state index in [1.54, 1.807) is 0 Å². The Hall–Kier alpha value is -0.690. The molecule has 0 atom stereocenters. The molecule has 1 saturated carbocycles. The van der Waals surface area contributed by atoms with Gasteiger partial charge in [-0.2, -0.15) is 0 Å². The topological polar surface area (TPSA) is 48.8 Å². The lowest BCUT2D eigenvalue weighted by Gasteiger charge is -2.28. The molecule has 3 nitrogen and oxygen atoms in total. The first-order valence-electron chi connectivity index (χ1n) is 2.87. The third-order valence-corrected chi connectivity index (χ3v) is 1.56. The van der Waals surface area contributed by atoms with Crippen molar-refractivity contribution < 1.29 is 0 Å². The van der Waals surface area contributed by atoms with E-state index in [1.807, 2.05) is 0 Å². The zero-order valence-electron chi connectivity index (χ0n) is 4.91. The molecule has 0 aromatic rings. The zero-order chi connectivity index (χ0) is 5.98. The van der Waals surface area contributed by atoms with Gasteiger partial charge in [-0.25, -0.2) is 0 Å². The summed E-state index contributed by atoms with van der Waals surface area (Å²) in [6, 6.07) is 0.315. The maximum atomic E-state index is 7.95. The summed E-state index contributed by atoms with van der Waals surface area (Å²) < 4.78 is 0. The van der Waals surface area contributed by atoms with Crippen LogP contribution in [-0.2, 0) is 0 Å². The number of azide groups is 1. The Balaban J connectivity index is 2.25. The summed E-state index contributed by atoms with van der Waals surface area (Å²) in [5.41, 5.74) is 7.95. The van der Waals surface area contributed by atoms with Crippen LogP contribution in [0.2, 0.25) is 0 Å². The Morgan fingerprint density at radius 2 is 2.25 bits per heavy atom. The second-order valence-corrected chi connectivity index (χ2v) is 2.44. The molecule has 0 saturated heterocycles. The Labute approximate surface area is 48.3 Å². The average molecular weight is 111 g/mol. The van der Waals surface area contributed by atoms with E-state index in [4.69, 9.17) is 5.53 Å². The maximum Gasteiger partial charge on any atom is 0.0379 e. The SMILES string of the molecule is C[C@H]1C[C@@H](N=[N+]=[N-])C1. The third kappa shape index (κ3) is 0.928. The summed E-state index contributed by atoms with van der Waals surface area (Å²) in [6.07, 6.45) is 2.17. The van der Waals surface area contributed by atoms with Crippen LogP contribution in [0.4, 0.5) is 0 Å². The van der Waals surface area contributed by atoms with Gasteiger partial charge in [-0.1, -0.05) is 12.0 Å². The van der Waals surface area contributed by atoms with Gasteiger partial charge in [0.25, 0.3) is 0 Å². The molecule has 0 aromatic carbocycles. The van der Waals surface area contributed by atoms with Gasteiger partial charge < -0.3 is 0 Å². The highest BCUT2D eigenvalue weighted by atomic mass is 15.2. The summed E-state index contributed by atoms with van der Waals surface area (Å²) in [5, 5.41) is 3.56. The van der Waals surface area contributed by atoms with Gasteiger partial charge in [-0.3, -0.25) is 0 Å². The van der Waals surface area contributed by atoms with Crippen molar-refractivity contribution in [2.24, 2.45) is 11.0 Å². The fraction of sp³-hybridized carbons (Fsp3) is 1.00. The fourth-order valence-corrected chi connectivity index (χ4v) is 1.03. The van der Waals surface area contributed by atoms with Crippen molar-refractivity contribution in [1.82, 2.24) is 0 Å². The van der Waals surface area contributed by atoms with Crippen LogP contribution in [0.25, 0.3) is 10.4 Å². The van der Waals surface area contributed by atoms with Crippen LogP contribution in [0.5, 0.6) is 0 Å². The smallest absolute Gasteiger partial charge is 0.0379 e. The minimum absolute atomic E-state index is 0.315. The van der Waals surface area contributed by atoms with E-state index in [-0.39, 0.29) is 0 Å². The van der Waals surface area contributed by atoms with E-state index < -0.39 is 0 Å². The van der Waals surface area contributed by atoms with Crippen molar-refractivity contribution in [3.63, 3.8) is 0 Å². The Bertz CT molecular complexity index is 120. The van der Waals surface area contributed by atoms with Crippen molar-refractivity contribution >= 4 is 0 Å². The number of rotatable bonds is 1.